The average molecular weight is 520 g/mol. The second-order valence-electron chi connectivity index (χ2n) is 11.0. The Kier molecular flexibility index (Phi) is 7.81. The predicted molar refractivity (Wildman–Crippen MR) is 142 cm³/mol. The number of nitrogens with zero attached hydrogens (tertiary/aromatic N) is 2. The summed E-state index contributed by atoms with van der Waals surface area (Å²) in [6, 6.07) is 14.2. The minimum atomic E-state index is -0.784. The fraction of sp³-hybridized carbons (Fsp3) is 0.500. The topological polar surface area (TPSA) is 99.2 Å². The van der Waals surface area contributed by atoms with Crippen LogP contribution in [-0.2, 0) is 27.4 Å². The summed E-state index contributed by atoms with van der Waals surface area (Å²) in [5.41, 5.74) is 3.78. The smallest absolute Gasteiger partial charge is 0.255 e. The van der Waals surface area contributed by atoms with Crippen molar-refractivity contribution in [3.8, 4) is 0 Å². The summed E-state index contributed by atoms with van der Waals surface area (Å²) < 4.78 is 5.46. The number of carbonyl (C=O) groups is 3. The Balaban J connectivity index is 1.24. The van der Waals surface area contributed by atoms with Crippen LogP contribution in [0.2, 0.25) is 0 Å². The lowest BCUT2D eigenvalue weighted by atomic mass is 9.91. The minimum Gasteiger partial charge on any atom is -0.391 e. The number of hydrogen-bond acceptors (Lipinski definition) is 5. The van der Waals surface area contributed by atoms with Crippen molar-refractivity contribution in [2.24, 2.45) is 5.92 Å². The maximum atomic E-state index is 13.8. The van der Waals surface area contributed by atoms with Crippen molar-refractivity contribution in [2.45, 2.75) is 70.3 Å². The summed E-state index contributed by atoms with van der Waals surface area (Å²) in [6.45, 7) is 6.18. The number of fused-ring (bicyclic) bond motifs is 1. The number of amides is 3. The van der Waals surface area contributed by atoms with Gasteiger partial charge in [0, 0.05) is 44.8 Å². The van der Waals surface area contributed by atoms with Gasteiger partial charge >= 0.3 is 0 Å². The normalized spacial score (nSPS) is 22.6. The zero-order chi connectivity index (χ0) is 26.8. The number of benzene rings is 2. The molecule has 0 radical (unpaired) electrons. The van der Waals surface area contributed by atoms with Gasteiger partial charge in [-0.05, 0) is 47.4 Å². The van der Waals surface area contributed by atoms with Crippen molar-refractivity contribution in [2.75, 3.05) is 19.8 Å². The molecule has 202 valence electrons. The second-order valence-corrected chi connectivity index (χ2v) is 11.0. The third-order valence-electron chi connectivity index (χ3n) is 8.07. The van der Waals surface area contributed by atoms with Crippen LogP contribution < -0.4 is 5.32 Å². The van der Waals surface area contributed by atoms with Crippen molar-refractivity contribution < 1.29 is 24.2 Å². The van der Waals surface area contributed by atoms with E-state index >= 15 is 0 Å². The van der Waals surface area contributed by atoms with Gasteiger partial charge in [-0.25, -0.2) is 0 Å². The lowest BCUT2D eigenvalue weighted by molar-refractivity contribution is -0.143. The van der Waals surface area contributed by atoms with Gasteiger partial charge in [-0.3, -0.25) is 14.4 Å². The summed E-state index contributed by atoms with van der Waals surface area (Å²) in [4.78, 5) is 43.3. The molecule has 38 heavy (non-hydrogen) atoms. The van der Waals surface area contributed by atoms with E-state index in [-0.39, 0.29) is 36.6 Å². The van der Waals surface area contributed by atoms with E-state index in [9.17, 15) is 19.5 Å². The summed E-state index contributed by atoms with van der Waals surface area (Å²) in [6.07, 6.45) is 1.44. The monoisotopic (exact) mass is 519 g/mol. The molecule has 1 unspecified atom stereocenters. The van der Waals surface area contributed by atoms with Crippen LogP contribution in [-0.4, -0.2) is 70.6 Å². The van der Waals surface area contributed by atoms with Crippen molar-refractivity contribution in [3.05, 3.63) is 70.8 Å². The molecule has 3 aliphatic rings. The van der Waals surface area contributed by atoms with Crippen molar-refractivity contribution in [3.63, 3.8) is 0 Å². The highest BCUT2D eigenvalue weighted by Crippen LogP contribution is 2.30. The Bertz CT molecular complexity index is 1170. The number of β-amino-alcohol motifs (C(OH)–C–C–N with tert-alkyl or cyclic N) is 1. The van der Waals surface area contributed by atoms with Gasteiger partial charge in [0.05, 0.1) is 6.10 Å². The molecule has 3 heterocycles. The SMILES string of the molecule is CC(C)C(C(=O)N1C[C@H](O)C[C@H]1C(=O)NCc1ccc(C2CCOCC2)cc1)N1Cc2ccccc2C1=O. The molecule has 8 heteroatoms. The first-order valence-electron chi connectivity index (χ1n) is 13.6. The Labute approximate surface area is 224 Å². The summed E-state index contributed by atoms with van der Waals surface area (Å²) in [5, 5.41) is 13.4. The zero-order valence-corrected chi connectivity index (χ0v) is 22.1. The molecule has 3 amide bonds. The van der Waals surface area contributed by atoms with E-state index in [0.29, 0.717) is 24.6 Å². The van der Waals surface area contributed by atoms with Gasteiger partial charge in [0.15, 0.2) is 0 Å². The molecule has 0 aromatic heterocycles. The van der Waals surface area contributed by atoms with Crippen molar-refractivity contribution in [1.82, 2.24) is 15.1 Å². The van der Waals surface area contributed by atoms with E-state index in [1.807, 2.05) is 44.2 Å². The molecule has 8 nitrogen and oxygen atoms in total. The van der Waals surface area contributed by atoms with Crippen LogP contribution in [0.5, 0.6) is 0 Å². The third-order valence-corrected chi connectivity index (χ3v) is 8.07. The van der Waals surface area contributed by atoms with Crippen LogP contribution in [0.15, 0.2) is 48.5 Å². The molecule has 0 aliphatic carbocycles. The van der Waals surface area contributed by atoms with Crippen LogP contribution in [0.25, 0.3) is 0 Å². The summed E-state index contributed by atoms with van der Waals surface area (Å²) >= 11 is 0. The molecular formula is C30H37N3O5. The highest BCUT2D eigenvalue weighted by Gasteiger charge is 2.45. The zero-order valence-electron chi connectivity index (χ0n) is 22.1. The highest BCUT2D eigenvalue weighted by atomic mass is 16.5. The molecule has 2 saturated heterocycles. The third kappa shape index (κ3) is 5.33. The maximum Gasteiger partial charge on any atom is 0.255 e. The van der Waals surface area contributed by atoms with Crippen molar-refractivity contribution >= 4 is 17.7 Å². The standard InChI is InChI=1S/C30H37N3O5/c1-19(2)27(33-17-23-5-3-4-6-25(23)29(33)36)30(37)32-18-24(34)15-26(32)28(35)31-16-20-7-9-21(10-8-20)22-11-13-38-14-12-22/h3-10,19,22,24,26-27,34H,11-18H2,1-2H3,(H,31,35)/t24-,26+,27?/m1/s1. The van der Waals surface area contributed by atoms with Crippen LogP contribution >= 0.6 is 0 Å². The van der Waals surface area contributed by atoms with E-state index in [1.165, 1.54) is 10.5 Å². The molecule has 2 aromatic carbocycles. The Morgan fingerprint density at radius 2 is 1.79 bits per heavy atom. The lowest BCUT2D eigenvalue weighted by Gasteiger charge is -2.35. The molecule has 0 bridgehead atoms. The molecular weight excluding hydrogens is 482 g/mol. The van der Waals surface area contributed by atoms with Crippen LogP contribution in [0, 0.1) is 5.92 Å². The first kappa shape index (κ1) is 26.4. The predicted octanol–water partition coefficient (Wildman–Crippen LogP) is 2.84. The molecule has 2 aromatic rings. The van der Waals surface area contributed by atoms with Gasteiger partial charge in [0.25, 0.3) is 5.91 Å². The van der Waals surface area contributed by atoms with E-state index in [2.05, 4.69) is 17.4 Å². The van der Waals surface area contributed by atoms with E-state index in [0.717, 1.165) is 37.2 Å². The average Bonchev–Trinajstić information content (AvgIpc) is 3.48. The highest BCUT2D eigenvalue weighted by molar-refractivity contribution is 6.01. The van der Waals surface area contributed by atoms with Crippen molar-refractivity contribution in [1.29, 1.82) is 0 Å². The number of aliphatic hydroxyl groups excluding tert-OH is 1. The number of hydrogen-bond donors (Lipinski definition) is 2. The van der Waals surface area contributed by atoms with Gasteiger partial charge in [0.2, 0.25) is 11.8 Å². The van der Waals surface area contributed by atoms with Gasteiger partial charge < -0.3 is 25.0 Å². The first-order valence-corrected chi connectivity index (χ1v) is 13.6. The Morgan fingerprint density at radius 1 is 1.08 bits per heavy atom. The van der Waals surface area contributed by atoms with Gasteiger partial charge in [-0.15, -0.1) is 0 Å². The maximum absolute atomic E-state index is 13.8. The minimum absolute atomic E-state index is 0.0783. The molecule has 3 aliphatic heterocycles. The van der Waals surface area contributed by atoms with E-state index in [4.69, 9.17) is 4.74 Å². The fourth-order valence-electron chi connectivity index (χ4n) is 6.00. The Morgan fingerprint density at radius 3 is 2.47 bits per heavy atom. The second kappa shape index (κ2) is 11.3. The number of nitrogens with one attached hydrogen (secondary N) is 1. The molecule has 0 spiro atoms. The number of rotatable bonds is 7. The van der Waals surface area contributed by atoms with E-state index < -0.39 is 18.2 Å². The molecule has 3 atom stereocenters. The van der Waals surface area contributed by atoms with Gasteiger partial charge in [-0.2, -0.15) is 0 Å². The first-order chi connectivity index (χ1) is 18.3. The summed E-state index contributed by atoms with van der Waals surface area (Å²) in [5.74, 6) is -0.397. The van der Waals surface area contributed by atoms with Crippen LogP contribution in [0.3, 0.4) is 0 Å². The molecule has 5 rings (SSSR count). The number of carbonyl (C=O) groups excluding carboxylic acids is 3. The lowest BCUT2D eigenvalue weighted by Crippen LogP contribution is -2.55. The van der Waals surface area contributed by atoms with Crippen LogP contribution in [0.4, 0.5) is 0 Å². The Hall–Kier alpha value is -3.23. The number of likely N-dealkylation sites (tertiary alicyclic amines) is 1. The summed E-state index contributed by atoms with van der Waals surface area (Å²) in [7, 11) is 0. The molecule has 2 fully saturated rings. The molecule has 2 N–H and O–H groups in total. The molecule has 0 saturated carbocycles. The largest absolute Gasteiger partial charge is 0.391 e. The van der Waals surface area contributed by atoms with Crippen LogP contribution in [0.1, 0.15) is 66.1 Å². The van der Waals surface area contributed by atoms with E-state index in [1.54, 1.807) is 11.0 Å². The number of ether oxygens (including phenoxy) is 1. The van der Waals surface area contributed by atoms with Gasteiger partial charge in [0.1, 0.15) is 12.1 Å². The fourth-order valence-corrected chi connectivity index (χ4v) is 6.00. The quantitative estimate of drug-likeness (QED) is 0.586. The van der Waals surface area contributed by atoms with Gasteiger partial charge in [-0.1, -0.05) is 56.3 Å². The number of aliphatic hydroxyl groups is 1.